The molecule has 34 heavy (non-hydrogen) atoms. The van der Waals surface area contributed by atoms with Crippen LogP contribution in [-0.2, 0) is 26.7 Å². The Morgan fingerprint density at radius 1 is 1.15 bits per heavy atom. The molecule has 184 valence electrons. The van der Waals surface area contributed by atoms with E-state index in [4.69, 9.17) is 14.2 Å². The van der Waals surface area contributed by atoms with Gasteiger partial charge in [-0.2, -0.15) is 10.4 Å². The lowest BCUT2D eigenvalue weighted by atomic mass is 9.86. The minimum absolute atomic E-state index is 0.00996. The third kappa shape index (κ3) is 6.86. The van der Waals surface area contributed by atoms with Gasteiger partial charge >= 0.3 is 6.16 Å². The summed E-state index contributed by atoms with van der Waals surface area (Å²) < 4.78 is 18.2. The van der Waals surface area contributed by atoms with Crippen LogP contribution in [0.5, 0.6) is 0 Å². The second-order valence-electron chi connectivity index (χ2n) is 9.43. The highest BCUT2D eigenvalue weighted by atomic mass is 16.8. The van der Waals surface area contributed by atoms with Gasteiger partial charge in [0.1, 0.15) is 17.3 Å². The van der Waals surface area contributed by atoms with Crippen LogP contribution in [-0.4, -0.2) is 28.8 Å². The molecule has 0 aliphatic heterocycles. The molecular weight excluding hydrogens is 430 g/mol. The number of rotatable bonds is 9. The van der Waals surface area contributed by atoms with Gasteiger partial charge in [0.15, 0.2) is 5.76 Å². The Kier molecular flexibility index (Phi) is 9.31. The molecule has 7 heteroatoms. The van der Waals surface area contributed by atoms with Gasteiger partial charge < -0.3 is 14.2 Å². The second kappa shape index (κ2) is 11.7. The maximum atomic E-state index is 12.1. The first-order valence-corrected chi connectivity index (χ1v) is 11.8. The fourth-order valence-electron chi connectivity index (χ4n) is 3.56. The molecule has 0 N–H and O–H groups in total. The monoisotopic (exact) mass is 467 g/mol. The molecule has 1 atom stereocenters. The molecular formula is C27H37N3O4. The van der Waals surface area contributed by atoms with Crippen LogP contribution in [0.1, 0.15) is 82.0 Å². The molecule has 0 spiro atoms. The normalized spacial score (nSPS) is 13.0. The first kappa shape index (κ1) is 27.0. The number of unbranched alkanes of at least 4 members (excludes halogenated alkanes) is 2. The molecule has 1 heterocycles. The zero-order chi connectivity index (χ0) is 25.5. The molecule has 0 amide bonds. The molecule has 2 rings (SSSR count). The van der Waals surface area contributed by atoms with E-state index in [9.17, 15) is 10.1 Å². The van der Waals surface area contributed by atoms with Gasteiger partial charge in [0.05, 0.1) is 12.3 Å². The Bertz CT molecular complexity index is 1050. The highest BCUT2D eigenvalue weighted by Crippen LogP contribution is 2.32. The first-order chi connectivity index (χ1) is 16.0. The number of carbonyl (C=O) groups excluding carboxylic acids is 1. The summed E-state index contributed by atoms with van der Waals surface area (Å²) in [6.45, 7) is 14.2. The van der Waals surface area contributed by atoms with E-state index in [1.807, 2.05) is 38.1 Å². The molecule has 1 unspecified atom stereocenters. The molecule has 1 aromatic carbocycles. The van der Waals surface area contributed by atoms with Crippen molar-refractivity contribution in [1.29, 1.82) is 5.26 Å². The number of allylic oxidation sites excluding steroid dienone is 1. The van der Waals surface area contributed by atoms with Crippen LogP contribution < -0.4 is 0 Å². The Morgan fingerprint density at radius 2 is 1.79 bits per heavy atom. The number of hydrogen-bond donors (Lipinski definition) is 0. The van der Waals surface area contributed by atoms with Crippen molar-refractivity contribution >= 4 is 17.5 Å². The second-order valence-corrected chi connectivity index (χ2v) is 9.43. The molecule has 0 fully saturated rings. The number of nitrogens with zero attached hydrogens (tertiary/aromatic N) is 3. The van der Waals surface area contributed by atoms with Gasteiger partial charge in [-0.3, -0.25) is 4.68 Å². The van der Waals surface area contributed by atoms with Gasteiger partial charge in [0, 0.05) is 19.5 Å². The van der Waals surface area contributed by atoms with Gasteiger partial charge in [-0.25, -0.2) is 4.79 Å². The van der Waals surface area contributed by atoms with E-state index >= 15 is 0 Å². The van der Waals surface area contributed by atoms with Gasteiger partial charge in [0.25, 0.3) is 0 Å². The molecule has 0 aliphatic carbocycles. The predicted molar refractivity (Wildman–Crippen MR) is 133 cm³/mol. The Balaban J connectivity index is 2.42. The van der Waals surface area contributed by atoms with E-state index < -0.39 is 12.4 Å². The summed E-state index contributed by atoms with van der Waals surface area (Å²) in [5.41, 5.74) is 4.54. The van der Waals surface area contributed by atoms with E-state index in [2.05, 4.69) is 38.9 Å². The summed E-state index contributed by atoms with van der Waals surface area (Å²) in [5, 5.41) is 14.6. The van der Waals surface area contributed by atoms with Crippen LogP contribution >= 0.6 is 0 Å². The maximum Gasteiger partial charge on any atom is 0.511 e. The summed E-state index contributed by atoms with van der Waals surface area (Å²) in [7, 11) is 1.80. The van der Waals surface area contributed by atoms with E-state index in [0.717, 1.165) is 36.1 Å². The number of ether oxygens (including phenoxy) is 3. The Labute approximate surface area is 203 Å². The van der Waals surface area contributed by atoms with Crippen molar-refractivity contribution in [3.8, 4) is 6.07 Å². The number of carbonyl (C=O) groups is 1. The third-order valence-corrected chi connectivity index (χ3v) is 5.63. The van der Waals surface area contributed by atoms with Crippen molar-refractivity contribution in [2.45, 2.75) is 79.4 Å². The zero-order valence-corrected chi connectivity index (χ0v) is 21.7. The van der Waals surface area contributed by atoms with Crippen LogP contribution in [0, 0.1) is 25.2 Å². The van der Waals surface area contributed by atoms with Crippen LogP contribution in [0.25, 0.3) is 11.3 Å². The van der Waals surface area contributed by atoms with E-state index in [1.165, 1.54) is 0 Å². The number of nitriles is 1. The highest BCUT2D eigenvalue weighted by molar-refractivity contribution is 5.94. The van der Waals surface area contributed by atoms with Crippen molar-refractivity contribution in [2.75, 3.05) is 6.61 Å². The standard InChI is InChI=1S/C27H37N3O4/c1-9-10-11-16-32-26(31)34-20(4)33-25(24-18(2)19(3)29-30(24)8)23(17-28)21-12-14-22(15-13-21)27(5,6)7/h12-15,20H,9-11,16H2,1-8H3/b25-23-. The molecule has 2 aromatic rings. The Hall–Kier alpha value is -3.27. The lowest BCUT2D eigenvalue weighted by molar-refractivity contribution is -0.0673. The topological polar surface area (TPSA) is 86.4 Å². The molecule has 0 bridgehead atoms. The van der Waals surface area contributed by atoms with Crippen LogP contribution in [0.4, 0.5) is 4.79 Å². The van der Waals surface area contributed by atoms with Crippen molar-refractivity contribution in [3.05, 3.63) is 52.3 Å². The number of benzene rings is 1. The summed E-state index contributed by atoms with van der Waals surface area (Å²) in [4.78, 5) is 12.1. The minimum atomic E-state index is -0.972. The zero-order valence-electron chi connectivity index (χ0n) is 21.7. The smallest absolute Gasteiger partial charge is 0.451 e. The number of aryl methyl sites for hydroxylation is 2. The van der Waals surface area contributed by atoms with Crippen molar-refractivity contribution in [2.24, 2.45) is 7.05 Å². The van der Waals surface area contributed by atoms with E-state index in [-0.39, 0.29) is 5.41 Å². The molecule has 0 saturated heterocycles. The summed E-state index contributed by atoms with van der Waals surface area (Å²) in [6.07, 6.45) is 1.02. The number of aromatic nitrogens is 2. The summed E-state index contributed by atoms with van der Waals surface area (Å²) in [6, 6.07) is 10.1. The van der Waals surface area contributed by atoms with Crippen LogP contribution in [0.2, 0.25) is 0 Å². The van der Waals surface area contributed by atoms with E-state index in [0.29, 0.717) is 29.2 Å². The average molecular weight is 468 g/mol. The van der Waals surface area contributed by atoms with Crippen molar-refractivity contribution < 1.29 is 19.0 Å². The molecule has 0 radical (unpaired) electrons. The van der Waals surface area contributed by atoms with Gasteiger partial charge in [-0.1, -0.05) is 64.8 Å². The summed E-state index contributed by atoms with van der Waals surface area (Å²) in [5.74, 6) is 0.304. The average Bonchev–Trinajstić information content (AvgIpc) is 3.02. The molecule has 1 aromatic heterocycles. The largest absolute Gasteiger partial charge is 0.511 e. The lowest BCUT2D eigenvalue weighted by Crippen LogP contribution is -2.20. The molecule has 0 aliphatic rings. The van der Waals surface area contributed by atoms with Gasteiger partial charge in [-0.15, -0.1) is 0 Å². The van der Waals surface area contributed by atoms with Gasteiger partial charge in [-0.05, 0) is 36.8 Å². The predicted octanol–water partition coefficient (Wildman–Crippen LogP) is 6.43. The van der Waals surface area contributed by atoms with E-state index in [1.54, 1.807) is 18.7 Å². The lowest BCUT2D eigenvalue weighted by Gasteiger charge is -2.21. The van der Waals surface area contributed by atoms with Crippen LogP contribution in [0.3, 0.4) is 0 Å². The highest BCUT2D eigenvalue weighted by Gasteiger charge is 2.25. The number of hydrogen-bond acceptors (Lipinski definition) is 6. The SMILES string of the molecule is CCCCCOC(=O)OC(C)O/C(=C(/C#N)c1ccc(C(C)(C)C)cc1)c1c(C)c(C)nn1C. The minimum Gasteiger partial charge on any atom is -0.451 e. The molecule has 0 saturated carbocycles. The molecule has 7 nitrogen and oxygen atoms in total. The Morgan fingerprint density at radius 3 is 2.29 bits per heavy atom. The van der Waals surface area contributed by atoms with Crippen molar-refractivity contribution in [3.63, 3.8) is 0 Å². The van der Waals surface area contributed by atoms with Gasteiger partial charge in [0.2, 0.25) is 6.29 Å². The fourth-order valence-corrected chi connectivity index (χ4v) is 3.56. The third-order valence-electron chi connectivity index (χ3n) is 5.63. The van der Waals surface area contributed by atoms with Crippen molar-refractivity contribution in [1.82, 2.24) is 9.78 Å². The van der Waals surface area contributed by atoms with Crippen LogP contribution in [0.15, 0.2) is 24.3 Å². The maximum absolute atomic E-state index is 12.1. The first-order valence-electron chi connectivity index (χ1n) is 11.8. The summed E-state index contributed by atoms with van der Waals surface area (Å²) >= 11 is 0. The fraction of sp³-hybridized carbons (Fsp3) is 0.519. The quantitative estimate of drug-likeness (QED) is 0.139.